The molecule has 2 saturated heterocycles. The van der Waals surface area contributed by atoms with Gasteiger partial charge in [-0.25, -0.2) is 9.69 Å². The first-order valence-electron chi connectivity index (χ1n) is 7.49. The molecule has 0 aliphatic carbocycles. The van der Waals surface area contributed by atoms with Gasteiger partial charge in [0.05, 0.1) is 6.10 Å². The van der Waals surface area contributed by atoms with E-state index < -0.39 is 7.32 Å². The highest BCUT2D eigenvalue weighted by molar-refractivity contribution is 6.44. The molecule has 2 aliphatic rings. The molecule has 8 heteroatoms. The highest BCUT2D eigenvalue weighted by Gasteiger charge is 2.31. The van der Waals surface area contributed by atoms with E-state index in [-0.39, 0.29) is 25.4 Å². The van der Waals surface area contributed by atoms with Crippen molar-refractivity contribution in [3.63, 3.8) is 0 Å². The third kappa shape index (κ3) is 5.71. The predicted octanol–water partition coefficient (Wildman–Crippen LogP) is 1.84. The van der Waals surface area contributed by atoms with Gasteiger partial charge in [-0.3, -0.25) is 0 Å². The fraction of sp³-hybridized carbons (Fsp3) is 1.00. The zero-order valence-corrected chi connectivity index (χ0v) is 12.6. The van der Waals surface area contributed by atoms with Crippen molar-refractivity contribution in [3.8, 4) is 0 Å². The summed E-state index contributed by atoms with van der Waals surface area (Å²) in [5.41, 5.74) is 0. The van der Waals surface area contributed by atoms with Crippen molar-refractivity contribution in [2.24, 2.45) is 0 Å². The Labute approximate surface area is 121 Å². The van der Waals surface area contributed by atoms with Crippen LogP contribution in [-0.2, 0) is 28.3 Å². The maximum absolute atomic E-state index is 5.68. The molecule has 0 aromatic carbocycles. The van der Waals surface area contributed by atoms with Gasteiger partial charge in [0.15, 0.2) is 0 Å². The minimum atomic E-state index is -0.719. The summed E-state index contributed by atoms with van der Waals surface area (Å²) < 4.78 is 21.9. The van der Waals surface area contributed by atoms with E-state index in [0.29, 0.717) is 6.61 Å². The molecule has 114 valence electrons. The molecule has 20 heavy (non-hydrogen) atoms. The van der Waals surface area contributed by atoms with Crippen molar-refractivity contribution in [3.05, 3.63) is 0 Å². The van der Waals surface area contributed by atoms with E-state index in [1.54, 1.807) is 0 Å². The monoisotopic (exact) mass is 286 g/mol. The number of hydrogen-bond donors (Lipinski definition) is 0. The lowest BCUT2D eigenvalue weighted by atomic mass is 9.80. The van der Waals surface area contributed by atoms with Crippen LogP contribution in [-0.4, -0.2) is 46.0 Å². The summed E-state index contributed by atoms with van der Waals surface area (Å²) in [5, 5.41) is 0. The third-order valence-electron chi connectivity index (χ3n) is 3.44. The van der Waals surface area contributed by atoms with Crippen LogP contribution in [0.3, 0.4) is 0 Å². The van der Waals surface area contributed by atoms with Crippen LogP contribution in [0.15, 0.2) is 0 Å². The second-order valence-electron chi connectivity index (χ2n) is 5.51. The first kappa shape index (κ1) is 16.3. The van der Waals surface area contributed by atoms with Crippen LogP contribution in [0, 0.1) is 0 Å². The zero-order chi connectivity index (χ0) is 14.4. The molecule has 6 nitrogen and oxygen atoms in total. The summed E-state index contributed by atoms with van der Waals surface area (Å²) in [6.07, 6.45) is 3.76. The van der Waals surface area contributed by atoms with Gasteiger partial charge >= 0.3 is 14.4 Å². The van der Waals surface area contributed by atoms with Crippen LogP contribution in [0.1, 0.15) is 40.0 Å². The highest BCUT2D eigenvalue weighted by atomic mass is 17.2. The summed E-state index contributed by atoms with van der Waals surface area (Å²) in [6, 6.07) is 0. The minimum Gasteiger partial charge on any atom is -0.411 e. The van der Waals surface area contributed by atoms with Crippen LogP contribution in [0.2, 0.25) is 6.32 Å². The van der Waals surface area contributed by atoms with E-state index in [2.05, 4.69) is 6.92 Å². The van der Waals surface area contributed by atoms with Gasteiger partial charge in [-0.15, -0.1) is 0 Å². The lowest BCUT2D eigenvalue weighted by Gasteiger charge is -2.26. The normalized spacial score (nSPS) is 29.6. The Balaban J connectivity index is 1.56. The summed E-state index contributed by atoms with van der Waals surface area (Å²) >= 11 is 0. The maximum atomic E-state index is 5.68. The Morgan fingerprint density at radius 2 is 1.80 bits per heavy atom. The van der Waals surface area contributed by atoms with Crippen LogP contribution < -0.4 is 0 Å². The first-order chi connectivity index (χ1) is 9.63. The second-order valence-corrected chi connectivity index (χ2v) is 5.51. The van der Waals surface area contributed by atoms with Crippen LogP contribution >= 0.6 is 0 Å². The Hall–Kier alpha value is -0.110. The van der Waals surface area contributed by atoms with Gasteiger partial charge in [0.1, 0.15) is 0 Å². The summed E-state index contributed by atoms with van der Waals surface area (Å²) in [5.74, 6) is 0. The molecule has 3 unspecified atom stereocenters. The van der Waals surface area contributed by atoms with Gasteiger partial charge in [0, 0.05) is 25.4 Å². The molecule has 0 aromatic rings. The minimum absolute atomic E-state index is 0.0659. The van der Waals surface area contributed by atoms with Crippen LogP contribution in [0.5, 0.6) is 0 Å². The summed E-state index contributed by atoms with van der Waals surface area (Å²) in [7, 11) is -0.851. The molecule has 0 bridgehead atoms. The molecule has 2 heterocycles. The molecule has 0 aromatic heterocycles. The van der Waals surface area contributed by atoms with Crippen molar-refractivity contribution in [2.75, 3.05) is 13.2 Å². The Morgan fingerprint density at radius 3 is 2.50 bits per heavy atom. The average Bonchev–Trinajstić information content (AvgIpc) is 2.43. The zero-order valence-electron chi connectivity index (χ0n) is 12.6. The topological polar surface area (TPSA) is 55.4 Å². The molecular formula is C12H24B2O6. The molecule has 2 rings (SSSR count). The predicted molar refractivity (Wildman–Crippen MR) is 74.8 cm³/mol. The number of rotatable bonds is 6. The van der Waals surface area contributed by atoms with Crippen molar-refractivity contribution in [1.29, 1.82) is 0 Å². The van der Waals surface area contributed by atoms with Crippen molar-refractivity contribution >= 4 is 14.4 Å². The smallest absolute Gasteiger partial charge is 0.411 e. The van der Waals surface area contributed by atoms with E-state index in [0.717, 1.165) is 32.2 Å². The molecule has 0 amide bonds. The quantitative estimate of drug-likeness (QED) is 0.422. The van der Waals surface area contributed by atoms with Crippen molar-refractivity contribution in [1.82, 2.24) is 0 Å². The molecular weight excluding hydrogens is 262 g/mol. The van der Waals surface area contributed by atoms with Crippen LogP contribution in [0.25, 0.3) is 0 Å². The van der Waals surface area contributed by atoms with E-state index in [1.165, 1.54) is 0 Å². The van der Waals surface area contributed by atoms with Gasteiger partial charge in [0.25, 0.3) is 0 Å². The standard InChI is InChI=1S/C12H24B2O6/c1-10-5-8-15-13(17-10)7-4-12(3)19-20-14-16-9-6-11(2)18-14/h10-12H,4-9H2,1-3H3. The lowest BCUT2D eigenvalue weighted by molar-refractivity contribution is -0.275. The highest BCUT2D eigenvalue weighted by Crippen LogP contribution is 2.16. The van der Waals surface area contributed by atoms with Gasteiger partial charge in [0.2, 0.25) is 0 Å². The average molecular weight is 286 g/mol. The van der Waals surface area contributed by atoms with Gasteiger partial charge in [-0.2, -0.15) is 0 Å². The van der Waals surface area contributed by atoms with Crippen molar-refractivity contribution in [2.45, 2.75) is 64.7 Å². The van der Waals surface area contributed by atoms with E-state index in [4.69, 9.17) is 28.3 Å². The lowest BCUT2D eigenvalue weighted by Crippen LogP contribution is -2.38. The molecule has 2 aliphatic heterocycles. The summed E-state index contributed by atoms with van der Waals surface area (Å²) in [4.78, 5) is 10.4. The summed E-state index contributed by atoms with van der Waals surface area (Å²) in [6.45, 7) is 7.39. The Kier molecular flexibility index (Phi) is 6.80. The molecule has 3 atom stereocenters. The Morgan fingerprint density at radius 1 is 1.10 bits per heavy atom. The van der Waals surface area contributed by atoms with E-state index in [1.807, 2.05) is 13.8 Å². The van der Waals surface area contributed by atoms with Crippen LogP contribution in [0.4, 0.5) is 0 Å². The van der Waals surface area contributed by atoms with E-state index in [9.17, 15) is 0 Å². The number of hydrogen-bond acceptors (Lipinski definition) is 6. The Bertz CT molecular complexity index is 257. The van der Waals surface area contributed by atoms with Crippen molar-refractivity contribution < 1.29 is 28.3 Å². The SMILES string of the molecule is CC(CCB1OCCC(C)O1)OOB1OCCC(C)O1. The molecule has 2 fully saturated rings. The van der Waals surface area contributed by atoms with Gasteiger partial charge in [-0.05, 0) is 46.4 Å². The van der Waals surface area contributed by atoms with Gasteiger partial charge in [-0.1, -0.05) is 0 Å². The second kappa shape index (κ2) is 8.36. The molecule has 0 radical (unpaired) electrons. The largest absolute Gasteiger partial charge is 0.668 e. The third-order valence-corrected chi connectivity index (χ3v) is 3.44. The fourth-order valence-corrected chi connectivity index (χ4v) is 2.12. The molecule has 0 saturated carbocycles. The fourth-order valence-electron chi connectivity index (χ4n) is 2.12. The van der Waals surface area contributed by atoms with Gasteiger partial charge < -0.3 is 18.6 Å². The molecule has 0 N–H and O–H groups in total. The molecule has 0 spiro atoms. The maximum Gasteiger partial charge on any atom is 0.668 e. The first-order valence-corrected chi connectivity index (χ1v) is 7.49. The van der Waals surface area contributed by atoms with E-state index >= 15 is 0 Å².